The van der Waals surface area contributed by atoms with Crippen LogP contribution in [0.25, 0.3) is 0 Å². The Morgan fingerprint density at radius 2 is 2.23 bits per heavy atom. The molecule has 1 rings (SSSR count). The minimum absolute atomic E-state index is 0.135. The van der Waals surface area contributed by atoms with Crippen LogP contribution in [-0.2, 0) is 4.74 Å². The largest absolute Gasteiger partial charge is 0.397 e. The molecule has 0 radical (unpaired) electrons. The summed E-state index contributed by atoms with van der Waals surface area (Å²) in [5.41, 5.74) is -0.135. The topological polar surface area (TPSA) is 39.2 Å². The van der Waals surface area contributed by atoms with Crippen LogP contribution < -0.4 is 0 Å². The fourth-order valence-corrected chi connectivity index (χ4v) is 0.699. The van der Waals surface area contributed by atoms with Gasteiger partial charge in [-0.25, -0.2) is 9.78 Å². The Morgan fingerprint density at radius 1 is 1.54 bits per heavy atom. The van der Waals surface area contributed by atoms with Crippen molar-refractivity contribution in [3.05, 3.63) is 30.1 Å². The van der Waals surface area contributed by atoms with Crippen LogP contribution in [0.3, 0.4) is 0 Å². The molecule has 0 amide bonds. The number of aromatic nitrogens is 1. The molecule has 0 saturated carbocycles. The van der Waals surface area contributed by atoms with E-state index in [0.717, 1.165) is 0 Å². The van der Waals surface area contributed by atoms with Crippen LogP contribution in [0.15, 0.2) is 24.4 Å². The minimum Gasteiger partial charge on any atom is -0.396 e. The van der Waals surface area contributed by atoms with Gasteiger partial charge in [0.05, 0.1) is 0 Å². The number of hydrogen-bond donors (Lipinski definition) is 0. The lowest BCUT2D eigenvalue weighted by Crippen LogP contribution is -2.21. The molecule has 0 fully saturated rings. The Labute approximate surface area is 73.4 Å². The van der Waals surface area contributed by atoms with E-state index in [1.165, 1.54) is 18.3 Å². The van der Waals surface area contributed by atoms with Gasteiger partial charge in [0.15, 0.2) is 0 Å². The van der Waals surface area contributed by atoms with Gasteiger partial charge in [0.2, 0.25) is 0 Å². The molecule has 0 atom stereocenters. The maximum absolute atomic E-state index is 12.2. The number of ether oxygens (including phenoxy) is 1. The quantitative estimate of drug-likeness (QED) is 0.663. The molecule has 1 aromatic rings. The first-order valence-corrected chi connectivity index (χ1v) is 3.51. The molecule has 1 heterocycles. The van der Waals surface area contributed by atoms with Crippen LogP contribution in [0.1, 0.15) is 17.4 Å². The lowest BCUT2D eigenvalue weighted by molar-refractivity contribution is -0.185. The summed E-state index contributed by atoms with van der Waals surface area (Å²) in [6, 6.07) is 4.38. The third-order valence-electron chi connectivity index (χ3n) is 1.15. The van der Waals surface area contributed by atoms with E-state index in [4.69, 9.17) is 0 Å². The van der Waals surface area contributed by atoms with Crippen molar-refractivity contribution in [1.29, 1.82) is 0 Å². The number of alkyl halides is 2. The molecule has 0 bridgehead atoms. The van der Waals surface area contributed by atoms with E-state index in [0.29, 0.717) is 6.92 Å². The highest BCUT2D eigenvalue weighted by molar-refractivity contribution is 5.87. The normalized spacial score (nSPS) is 11.0. The van der Waals surface area contributed by atoms with E-state index in [9.17, 15) is 13.6 Å². The van der Waals surface area contributed by atoms with Gasteiger partial charge in [-0.1, -0.05) is 6.07 Å². The molecule has 3 nitrogen and oxygen atoms in total. The second kappa shape index (κ2) is 3.47. The number of hydrogen-bond acceptors (Lipinski definition) is 3. The van der Waals surface area contributed by atoms with E-state index in [1.54, 1.807) is 6.07 Å². The predicted molar refractivity (Wildman–Crippen MR) is 40.3 cm³/mol. The van der Waals surface area contributed by atoms with Crippen molar-refractivity contribution >= 4 is 5.97 Å². The van der Waals surface area contributed by atoms with Gasteiger partial charge in [-0.2, -0.15) is 8.78 Å². The molecule has 0 aliphatic carbocycles. The number of rotatable bonds is 2. The molecule has 70 valence electrons. The van der Waals surface area contributed by atoms with Crippen LogP contribution in [0.5, 0.6) is 0 Å². The summed E-state index contributed by atoms with van der Waals surface area (Å²) in [5, 5.41) is 0. The fourth-order valence-electron chi connectivity index (χ4n) is 0.699. The van der Waals surface area contributed by atoms with Gasteiger partial charge in [0.1, 0.15) is 5.69 Å². The number of pyridine rings is 1. The molecule has 0 aliphatic heterocycles. The van der Waals surface area contributed by atoms with E-state index < -0.39 is 12.1 Å². The molecule has 0 N–H and O–H groups in total. The zero-order chi connectivity index (χ0) is 9.90. The maximum atomic E-state index is 12.2. The molecule has 0 aliphatic rings. The highest BCUT2D eigenvalue weighted by atomic mass is 19.3. The Balaban J connectivity index is 2.71. The zero-order valence-corrected chi connectivity index (χ0v) is 6.83. The van der Waals surface area contributed by atoms with Crippen LogP contribution in [0.4, 0.5) is 8.78 Å². The summed E-state index contributed by atoms with van der Waals surface area (Å²) in [6.45, 7) is 0.494. The number of halogens is 2. The first-order valence-electron chi connectivity index (χ1n) is 3.51. The third-order valence-corrected chi connectivity index (χ3v) is 1.15. The average molecular weight is 187 g/mol. The molecule has 0 saturated heterocycles. The lowest BCUT2D eigenvalue weighted by Gasteiger charge is -2.10. The van der Waals surface area contributed by atoms with Crippen molar-refractivity contribution < 1.29 is 18.3 Å². The molecular weight excluding hydrogens is 180 g/mol. The van der Waals surface area contributed by atoms with E-state index >= 15 is 0 Å². The van der Waals surface area contributed by atoms with Crippen molar-refractivity contribution in [2.45, 2.75) is 13.0 Å². The van der Waals surface area contributed by atoms with Crippen molar-refractivity contribution in [1.82, 2.24) is 4.98 Å². The summed E-state index contributed by atoms with van der Waals surface area (Å²) in [5.74, 6) is -1.13. The molecule has 1 aromatic heterocycles. The zero-order valence-electron chi connectivity index (χ0n) is 6.83. The summed E-state index contributed by atoms with van der Waals surface area (Å²) in [6.07, 6.45) is -2.14. The molecular formula is C8H7F2NO2. The molecule has 0 spiro atoms. The molecule has 13 heavy (non-hydrogen) atoms. The van der Waals surface area contributed by atoms with E-state index in [-0.39, 0.29) is 5.69 Å². The number of esters is 1. The summed E-state index contributed by atoms with van der Waals surface area (Å²) < 4.78 is 28.2. The van der Waals surface area contributed by atoms with Crippen LogP contribution in [0.2, 0.25) is 0 Å². The van der Waals surface area contributed by atoms with Crippen molar-refractivity contribution in [2.24, 2.45) is 0 Å². The first kappa shape index (κ1) is 9.57. The summed E-state index contributed by atoms with van der Waals surface area (Å²) in [4.78, 5) is 14.5. The monoisotopic (exact) mass is 187 g/mol. The van der Waals surface area contributed by atoms with Gasteiger partial charge >= 0.3 is 12.1 Å². The smallest absolute Gasteiger partial charge is 0.396 e. The van der Waals surface area contributed by atoms with Gasteiger partial charge in [-0.05, 0) is 12.1 Å². The second-order valence-electron chi connectivity index (χ2n) is 2.41. The Kier molecular flexibility index (Phi) is 2.55. The highest BCUT2D eigenvalue weighted by Gasteiger charge is 2.27. The van der Waals surface area contributed by atoms with Crippen LogP contribution in [-0.4, -0.2) is 17.1 Å². The van der Waals surface area contributed by atoms with Crippen molar-refractivity contribution in [3.8, 4) is 0 Å². The fraction of sp³-hybridized carbons (Fsp3) is 0.250. The Hall–Kier alpha value is -1.52. The molecule has 0 unspecified atom stereocenters. The van der Waals surface area contributed by atoms with Gasteiger partial charge in [0, 0.05) is 13.1 Å². The first-order chi connectivity index (χ1) is 5.99. The van der Waals surface area contributed by atoms with Crippen molar-refractivity contribution in [2.75, 3.05) is 0 Å². The maximum Gasteiger partial charge on any atom is 0.397 e. The Bertz CT molecular complexity index is 295. The number of nitrogens with zero attached hydrogens (tertiary/aromatic N) is 1. The minimum atomic E-state index is -3.46. The standard InChI is InChI=1S/C8H7F2NO2/c1-8(9,10)13-7(12)6-4-2-3-5-11-6/h2-5H,1H3. The molecule has 0 aromatic carbocycles. The number of carbonyl (C=O) groups is 1. The third kappa shape index (κ3) is 3.14. The number of carbonyl (C=O) groups excluding carboxylic acids is 1. The van der Waals surface area contributed by atoms with Gasteiger partial charge in [-0.3, -0.25) is 0 Å². The molecule has 5 heteroatoms. The van der Waals surface area contributed by atoms with Gasteiger partial charge in [0.25, 0.3) is 0 Å². The summed E-state index contributed by atoms with van der Waals surface area (Å²) >= 11 is 0. The van der Waals surface area contributed by atoms with Crippen molar-refractivity contribution in [3.63, 3.8) is 0 Å². The van der Waals surface area contributed by atoms with Gasteiger partial charge in [-0.15, -0.1) is 0 Å². The second-order valence-corrected chi connectivity index (χ2v) is 2.41. The predicted octanol–water partition coefficient (Wildman–Crippen LogP) is 1.85. The van der Waals surface area contributed by atoms with Crippen LogP contribution >= 0.6 is 0 Å². The van der Waals surface area contributed by atoms with Crippen LogP contribution in [0, 0.1) is 0 Å². The SMILES string of the molecule is CC(F)(F)OC(=O)c1ccccn1. The highest BCUT2D eigenvalue weighted by Crippen LogP contribution is 2.15. The Morgan fingerprint density at radius 3 is 2.69 bits per heavy atom. The lowest BCUT2D eigenvalue weighted by atomic mass is 10.3. The summed E-state index contributed by atoms with van der Waals surface area (Å²) in [7, 11) is 0. The van der Waals surface area contributed by atoms with E-state index in [2.05, 4.69) is 9.72 Å². The van der Waals surface area contributed by atoms with E-state index in [1.807, 2.05) is 0 Å². The van der Waals surface area contributed by atoms with Gasteiger partial charge < -0.3 is 4.74 Å². The average Bonchev–Trinajstić information content (AvgIpc) is 2.03.